The third-order valence-corrected chi connectivity index (χ3v) is 13.9. The van der Waals surface area contributed by atoms with Gasteiger partial charge in [-0.25, -0.2) is 0 Å². The molecule has 0 saturated carbocycles. The molecule has 0 saturated heterocycles. The number of unbranched alkanes of at least 4 members (excludes halogenated alkanes) is 35. The summed E-state index contributed by atoms with van der Waals surface area (Å²) in [6.45, 7) is 6.49. The molecule has 0 rings (SSSR count). The highest BCUT2D eigenvalue weighted by Crippen LogP contribution is 2.17. The van der Waals surface area contributed by atoms with Crippen molar-refractivity contribution >= 4 is 17.9 Å². The summed E-state index contributed by atoms with van der Waals surface area (Å²) < 4.78 is 16.8. The first-order valence-electron chi connectivity index (χ1n) is 31.9. The minimum absolute atomic E-state index is 0.0763. The van der Waals surface area contributed by atoms with Crippen LogP contribution in [0, 0.1) is 0 Å². The van der Waals surface area contributed by atoms with E-state index in [-0.39, 0.29) is 31.1 Å². The van der Waals surface area contributed by atoms with Gasteiger partial charge in [0, 0.05) is 19.3 Å². The normalized spacial score (nSPS) is 12.5. The van der Waals surface area contributed by atoms with Crippen LogP contribution in [-0.2, 0) is 28.6 Å². The predicted molar refractivity (Wildman–Crippen MR) is 321 cm³/mol. The van der Waals surface area contributed by atoms with Crippen molar-refractivity contribution in [3.63, 3.8) is 0 Å². The molecule has 0 bridgehead atoms. The Morgan fingerprint density at radius 2 is 0.527 bits per heavy atom. The molecule has 0 aromatic rings. The van der Waals surface area contributed by atoms with Gasteiger partial charge in [-0.2, -0.15) is 0 Å². The van der Waals surface area contributed by atoms with Crippen LogP contribution in [-0.4, -0.2) is 37.2 Å². The minimum Gasteiger partial charge on any atom is -0.462 e. The lowest BCUT2D eigenvalue weighted by Crippen LogP contribution is -2.30. The Balaban J connectivity index is 4.02. The van der Waals surface area contributed by atoms with E-state index in [0.717, 1.165) is 109 Å². The highest BCUT2D eigenvalue weighted by Gasteiger charge is 2.19. The Bertz CT molecular complexity index is 1370. The van der Waals surface area contributed by atoms with Crippen LogP contribution in [0.3, 0.4) is 0 Å². The summed E-state index contributed by atoms with van der Waals surface area (Å²) in [5.41, 5.74) is 0. The lowest BCUT2D eigenvalue weighted by Gasteiger charge is -2.18. The van der Waals surface area contributed by atoms with Gasteiger partial charge in [-0.15, -0.1) is 0 Å². The van der Waals surface area contributed by atoms with E-state index >= 15 is 0 Å². The molecule has 0 radical (unpaired) electrons. The van der Waals surface area contributed by atoms with Gasteiger partial charge in [-0.1, -0.05) is 286 Å². The van der Waals surface area contributed by atoms with Crippen molar-refractivity contribution in [2.45, 2.75) is 329 Å². The molecule has 0 N–H and O–H groups in total. The minimum atomic E-state index is -0.777. The summed E-state index contributed by atoms with van der Waals surface area (Å²) in [6.07, 6.45) is 80.9. The summed E-state index contributed by atoms with van der Waals surface area (Å²) in [7, 11) is 0. The van der Waals surface area contributed by atoms with Gasteiger partial charge in [0.05, 0.1) is 0 Å². The zero-order valence-corrected chi connectivity index (χ0v) is 49.1. The number of esters is 3. The first kappa shape index (κ1) is 70.8. The Kier molecular flexibility index (Phi) is 59.7. The van der Waals surface area contributed by atoms with Crippen molar-refractivity contribution in [1.82, 2.24) is 0 Å². The van der Waals surface area contributed by atoms with Gasteiger partial charge in [0.1, 0.15) is 13.2 Å². The van der Waals surface area contributed by atoms with Crippen molar-refractivity contribution in [3.8, 4) is 0 Å². The topological polar surface area (TPSA) is 78.9 Å². The van der Waals surface area contributed by atoms with Gasteiger partial charge < -0.3 is 14.2 Å². The second kappa shape index (κ2) is 62.4. The van der Waals surface area contributed by atoms with Crippen molar-refractivity contribution in [1.29, 1.82) is 0 Å². The van der Waals surface area contributed by atoms with Gasteiger partial charge in [-0.3, -0.25) is 14.4 Å². The largest absolute Gasteiger partial charge is 0.462 e. The number of hydrogen-bond acceptors (Lipinski definition) is 6. The number of carbonyl (C=O) groups excluding carboxylic acids is 3. The average Bonchev–Trinajstić information content (AvgIpc) is 3.40. The van der Waals surface area contributed by atoms with E-state index in [0.29, 0.717) is 19.3 Å². The maximum atomic E-state index is 12.8. The smallest absolute Gasteiger partial charge is 0.306 e. The first-order valence-corrected chi connectivity index (χ1v) is 31.9. The van der Waals surface area contributed by atoms with Gasteiger partial charge in [0.2, 0.25) is 0 Å². The second-order valence-corrected chi connectivity index (χ2v) is 21.3. The van der Waals surface area contributed by atoms with Crippen LogP contribution < -0.4 is 0 Å². The van der Waals surface area contributed by atoms with E-state index in [9.17, 15) is 14.4 Å². The quantitative estimate of drug-likeness (QED) is 0.0261. The zero-order valence-electron chi connectivity index (χ0n) is 49.1. The molecule has 0 spiro atoms. The number of allylic oxidation sites excluding steroid dienone is 12. The van der Waals surface area contributed by atoms with Gasteiger partial charge in [-0.05, 0) is 89.9 Å². The first-order chi connectivity index (χ1) is 36.5. The Labute approximate surface area is 459 Å². The lowest BCUT2D eigenvalue weighted by atomic mass is 10.0. The number of rotatable bonds is 58. The third kappa shape index (κ3) is 59.7. The molecule has 6 nitrogen and oxygen atoms in total. The maximum absolute atomic E-state index is 12.8. The molecule has 0 aromatic carbocycles. The van der Waals surface area contributed by atoms with Crippen LogP contribution in [0.5, 0.6) is 0 Å². The molecule has 0 aliphatic rings. The third-order valence-electron chi connectivity index (χ3n) is 13.9. The molecule has 74 heavy (non-hydrogen) atoms. The molecule has 6 heteroatoms. The molecule has 0 aliphatic heterocycles. The maximum Gasteiger partial charge on any atom is 0.306 e. The lowest BCUT2D eigenvalue weighted by molar-refractivity contribution is -0.167. The van der Waals surface area contributed by atoms with Crippen LogP contribution in [0.1, 0.15) is 323 Å². The van der Waals surface area contributed by atoms with Gasteiger partial charge >= 0.3 is 17.9 Å². The fourth-order valence-corrected chi connectivity index (χ4v) is 9.17. The summed E-state index contributed by atoms with van der Waals surface area (Å²) in [5, 5.41) is 0. The van der Waals surface area contributed by atoms with Crippen molar-refractivity contribution in [2.24, 2.45) is 0 Å². The highest BCUT2D eigenvalue weighted by atomic mass is 16.6. The van der Waals surface area contributed by atoms with Crippen LogP contribution in [0.4, 0.5) is 0 Å². The van der Waals surface area contributed by atoms with E-state index in [1.165, 1.54) is 173 Å². The Morgan fingerprint density at radius 3 is 0.851 bits per heavy atom. The van der Waals surface area contributed by atoms with Crippen LogP contribution >= 0.6 is 0 Å². The predicted octanol–water partition coefficient (Wildman–Crippen LogP) is 21.7. The van der Waals surface area contributed by atoms with E-state index < -0.39 is 6.10 Å². The molecule has 0 amide bonds. The van der Waals surface area contributed by atoms with Crippen LogP contribution in [0.25, 0.3) is 0 Å². The molecule has 0 aliphatic carbocycles. The van der Waals surface area contributed by atoms with Crippen molar-refractivity contribution < 1.29 is 28.6 Å². The summed E-state index contributed by atoms with van der Waals surface area (Å²) >= 11 is 0. The summed E-state index contributed by atoms with van der Waals surface area (Å²) in [6, 6.07) is 0. The Hall–Kier alpha value is -3.15. The fraction of sp³-hybridized carbons (Fsp3) is 0.779. The summed E-state index contributed by atoms with van der Waals surface area (Å²) in [4.78, 5) is 38.0. The average molecular weight is 1030 g/mol. The molecule has 0 fully saturated rings. The van der Waals surface area contributed by atoms with E-state index in [1.807, 2.05) is 0 Å². The molecule has 1 atom stereocenters. The number of hydrogen-bond donors (Lipinski definition) is 0. The zero-order chi connectivity index (χ0) is 53.6. The highest BCUT2D eigenvalue weighted by molar-refractivity contribution is 5.71. The van der Waals surface area contributed by atoms with E-state index in [2.05, 4.69) is 93.7 Å². The van der Waals surface area contributed by atoms with Crippen LogP contribution in [0.2, 0.25) is 0 Å². The van der Waals surface area contributed by atoms with Crippen molar-refractivity contribution in [3.05, 3.63) is 72.9 Å². The monoisotopic (exact) mass is 1030 g/mol. The molecular formula is C68H120O6. The summed E-state index contributed by atoms with van der Waals surface area (Å²) in [5.74, 6) is -0.881. The Morgan fingerprint density at radius 1 is 0.284 bits per heavy atom. The molecule has 428 valence electrons. The number of ether oxygens (including phenoxy) is 3. The number of carbonyl (C=O) groups is 3. The fourth-order valence-electron chi connectivity index (χ4n) is 9.17. The van der Waals surface area contributed by atoms with Crippen molar-refractivity contribution in [2.75, 3.05) is 13.2 Å². The van der Waals surface area contributed by atoms with Crippen LogP contribution in [0.15, 0.2) is 72.9 Å². The molecule has 1 unspecified atom stereocenters. The molecule has 0 aromatic heterocycles. The second-order valence-electron chi connectivity index (χ2n) is 21.3. The molecule has 0 heterocycles. The SMILES string of the molecule is CC/C=C\C/C=C\C/C=C\C/C=C\CCCCCCCCCCCCCCCCCCCCCCC(=O)OCC(COC(=O)CCCCCCCCCC)OC(=O)CCCCCCC/C=C\C/C=C\CCCCC. The van der Waals surface area contributed by atoms with Gasteiger partial charge in [0.25, 0.3) is 0 Å². The van der Waals surface area contributed by atoms with E-state index in [4.69, 9.17) is 14.2 Å². The van der Waals surface area contributed by atoms with E-state index in [1.54, 1.807) is 0 Å². The molecular weight excluding hydrogens is 913 g/mol. The van der Waals surface area contributed by atoms with Gasteiger partial charge in [0.15, 0.2) is 6.10 Å². The standard InChI is InChI=1S/C68H120O6/c1-4-7-10-13-16-19-21-23-25-26-27-28-29-30-31-32-33-34-35-36-37-38-39-40-41-42-44-45-47-49-52-55-58-61-67(70)73-64-65(63-72-66(69)60-57-54-51-18-15-12-9-6-3)74-68(71)62-59-56-53-50-48-46-43-24-22-20-17-14-11-8-5-2/h7,10,16-17,19-20,23-25,27-28,43,65H,4-6,8-9,11-15,18,21-22,26,29-42,44-64H2,1-3H3/b10-7-,19-16-,20-17-,25-23-,28-27-,43-24-.